The van der Waals surface area contributed by atoms with Crippen LogP contribution >= 0.6 is 11.3 Å². The van der Waals surface area contributed by atoms with Crippen LogP contribution in [0.25, 0.3) is 0 Å². The molecule has 19 heavy (non-hydrogen) atoms. The third-order valence-corrected chi connectivity index (χ3v) is 4.14. The Labute approximate surface area is 115 Å². The number of fused-ring (bicyclic) bond motifs is 1. The Balaban J connectivity index is 1.73. The van der Waals surface area contributed by atoms with Crippen molar-refractivity contribution in [2.75, 3.05) is 5.32 Å². The van der Waals surface area contributed by atoms with Gasteiger partial charge in [-0.2, -0.15) is 0 Å². The maximum absolute atomic E-state index is 10.6. The van der Waals surface area contributed by atoms with Gasteiger partial charge in [0, 0.05) is 5.38 Å². The average molecular weight is 274 g/mol. The third-order valence-electron chi connectivity index (χ3n) is 3.31. The van der Waals surface area contributed by atoms with Crippen LogP contribution in [0.5, 0.6) is 0 Å². The number of thiazole rings is 1. The predicted octanol–water partition coefficient (Wildman–Crippen LogP) is 2.87. The van der Waals surface area contributed by atoms with Gasteiger partial charge in [-0.25, -0.2) is 4.98 Å². The second-order valence-electron chi connectivity index (χ2n) is 4.65. The van der Waals surface area contributed by atoms with E-state index in [4.69, 9.17) is 5.11 Å². The summed E-state index contributed by atoms with van der Waals surface area (Å²) in [6.07, 6.45) is 2.13. The highest BCUT2D eigenvalue weighted by atomic mass is 32.1. The molecular weight excluding hydrogens is 260 g/mol. The van der Waals surface area contributed by atoms with E-state index in [9.17, 15) is 4.79 Å². The Morgan fingerprint density at radius 3 is 3.16 bits per heavy atom. The van der Waals surface area contributed by atoms with Gasteiger partial charge in [-0.1, -0.05) is 24.3 Å². The largest absolute Gasteiger partial charge is 0.481 e. The van der Waals surface area contributed by atoms with Gasteiger partial charge < -0.3 is 10.4 Å². The monoisotopic (exact) mass is 274 g/mol. The smallest absolute Gasteiger partial charge is 0.309 e. The quantitative estimate of drug-likeness (QED) is 0.900. The van der Waals surface area contributed by atoms with E-state index in [0.717, 1.165) is 18.0 Å². The Morgan fingerprint density at radius 2 is 2.32 bits per heavy atom. The zero-order chi connectivity index (χ0) is 13.2. The van der Waals surface area contributed by atoms with Gasteiger partial charge >= 0.3 is 5.97 Å². The van der Waals surface area contributed by atoms with Gasteiger partial charge in [0.2, 0.25) is 0 Å². The molecule has 1 atom stereocenters. The molecule has 0 saturated heterocycles. The SMILES string of the molecule is O=C(O)Cc1csc(NC2CCc3ccccc32)n1. The standard InChI is InChI=1S/C14H14N2O2S/c17-13(18)7-10-8-19-14(15-10)16-12-6-5-9-3-1-2-4-11(9)12/h1-4,8,12H,5-7H2,(H,15,16)(H,17,18). The molecule has 0 saturated carbocycles. The van der Waals surface area contributed by atoms with Crippen LogP contribution in [0.15, 0.2) is 29.6 Å². The first-order valence-corrected chi connectivity index (χ1v) is 7.11. The molecular formula is C14H14N2O2S. The molecule has 0 bridgehead atoms. The number of aliphatic carboxylic acids is 1. The van der Waals surface area contributed by atoms with Crippen LogP contribution in [0.1, 0.15) is 29.3 Å². The predicted molar refractivity (Wildman–Crippen MR) is 74.6 cm³/mol. The fraction of sp³-hybridized carbons (Fsp3) is 0.286. The van der Waals surface area contributed by atoms with Gasteiger partial charge in [0.1, 0.15) is 0 Å². The van der Waals surface area contributed by atoms with Crippen LogP contribution in [0.3, 0.4) is 0 Å². The van der Waals surface area contributed by atoms with Crippen molar-refractivity contribution in [1.29, 1.82) is 0 Å². The van der Waals surface area contributed by atoms with Crippen LogP contribution in [-0.4, -0.2) is 16.1 Å². The number of carbonyl (C=O) groups is 1. The second-order valence-corrected chi connectivity index (χ2v) is 5.51. The summed E-state index contributed by atoms with van der Waals surface area (Å²) >= 11 is 1.47. The number of hydrogen-bond donors (Lipinski definition) is 2. The Kier molecular flexibility index (Phi) is 3.21. The molecule has 5 heteroatoms. The highest BCUT2D eigenvalue weighted by Gasteiger charge is 2.22. The summed E-state index contributed by atoms with van der Waals surface area (Å²) in [5.74, 6) is -0.844. The van der Waals surface area contributed by atoms with Crippen molar-refractivity contribution in [2.45, 2.75) is 25.3 Å². The molecule has 0 spiro atoms. The molecule has 0 amide bonds. The van der Waals surface area contributed by atoms with E-state index >= 15 is 0 Å². The maximum Gasteiger partial charge on any atom is 0.309 e. The Hall–Kier alpha value is -1.88. The Bertz CT molecular complexity index is 609. The third kappa shape index (κ3) is 2.61. The van der Waals surface area contributed by atoms with Crippen molar-refractivity contribution in [2.24, 2.45) is 0 Å². The van der Waals surface area contributed by atoms with Crippen LogP contribution < -0.4 is 5.32 Å². The maximum atomic E-state index is 10.6. The van der Waals surface area contributed by atoms with Crippen molar-refractivity contribution in [1.82, 2.24) is 4.98 Å². The number of nitrogens with one attached hydrogen (secondary N) is 1. The first kappa shape index (κ1) is 12.2. The number of carboxylic acid groups (broad SMARTS) is 1. The van der Waals surface area contributed by atoms with E-state index in [0.29, 0.717) is 11.7 Å². The van der Waals surface area contributed by atoms with Crippen LogP contribution in [0, 0.1) is 0 Å². The lowest BCUT2D eigenvalue weighted by Crippen LogP contribution is -2.07. The molecule has 1 aliphatic rings. The molecule has 0 fully saturated rings. The van der Waals surface area contributed by atoms with E-state index in [1.165, 1.54) is 22.5 Å². The first-order chi connectivity index (χ1) is 9.22. The molecule has 1 unspecified atom stereocenters. The number of carboxylic acids is 1. The summed E-state index contributed by atoms with van der Waals surface area (Å²) in [6, 6.07) is 8.71. The summed E-state index contributed by atoms with van der Waals surface area (Å²) in [7, 11) is 0. The Morgan fingerprint density at radius 1 is 1.47 bits per heavy atom. The molecule has 0 aliphatic heterocycles. The fourth-order valence-electron chi connectivity index (χ4n) is 2.47. The van der Waals surface area contributed by atoms with Crippen LogP contribution in [0.4, 0.5) is 5.13 Å². The molecule has 98 valence electrons. The number of anilines is 1. The average Bonchev–Trinajstić information content (AvgIpc) is 2.97. The van der Waals surface area contributed by atoms with Crippen molar-refractivity contribution in [3.05, 3.63) is 46.5 Å². The molecule has 0 radical (unpaired) electrons. The van der Waals surface area contributed by atoms with Gasteiger partial charge in [0.05, 0.1) is 18.2 Å². The number of hydrogen-bond acceptors (Lipinski definition) is 4. The lowest BCUT2D eigenvalue weighted by molar-refractivity contribution is -0.136. The molecule has 3 rings (SSSR count). The summed E-state index contributed by atoms with van der Waals surface area (Å²) in [5.41, 5.74) is 3.34. The lowest BCUT2D eigenvalue weighted by Gasteiger charge is -2.12. The second kappa shape index (κ2) is 5.01. The summed E-state index contributed by atoms with van der Waals surface area (Å²) in [5, 5.41) is 14.7. The van der Waals surface area contributed by atoms with Gasteiger partial charge in [-0.05, 0) is 24.0 Å². The molecule has 4 nitrogen and oxygen atoms in total. The summed E-state index contributed by atoms with van der Waals surface area (Å²) in [4.78, 5) is 14.9. The van der Waals surface area contributed by atoms with Crippen molar-refractivity contribution in [3.8, 4) is 0 Å². The molecule has 1 aromatic carbocycles. The summed E-state index contributed by atoms with van der Waals surface area (Å²) in [6.45, 7) is 0. The zero-order valence-corrected chi connectivity index (χ0v) is 11.1. The van der Waals surface area contributed by atoms with Crippen molar-refractivity contribution < 1.29 is 9.90 Å². The van der Waals surface area contributed by atoms with E-state index < -0.39 is 5.97 Å². The topological polar surface area (TPSA) is 62.2 Å². The number of rotatable bonds is 4. The van der Waals surface area contributed by atoms with E-state index in [-0.39, 0.29) is 6.42 Å². The van der Waals surface area contributed by atoms with Crippen LogP contribution in [0.2, 0.25) is 0 Å². The summed E-state index contributed by atoms with van der Waals surface area (Å²) < 4.78 is 0. The minimum atomic E-state index is -0.844. The molecule has 2 aromatic rings. The molecule has 1 aromatic heterocycles. The number of benzene rings is 1. The van der Waals surface area contributed by atoms with Crippen LogP contribution in [-0.2, 0) is 17.6 Å². The number of aryl methyl sites for hydroxylation is 1. The van der Waals surface area contributed by atoms with E-state index in [2.05, 4.69) is 34.6 Å². The molecule has 1 aliphatic carbocycles. The lowest BCUT2D eigenvalue weighted by atomic mass is 10.1. The normalized spacial score (nSPS) is 17.2. The van der Waals surface area contributed by atoms with E-state index in [1.807, 2.05) is 0 Å². The number of nitrogens with zero attached hydrogens (tertiary/aromatic N) is 1. The molecule has 1 heterocycles. The van der Waals surface area contributed by atoms with Gasteiger partial charge in [0.25, 0.3) is 0 Å². The fourth-order valence-corrected chi connectivity index (χ4v) is 3.23. The highest BCUT2D eigenvalue weighted by molar-refractivity contribution is 7.13. The van der Waals surface area contributed by atoms with Crippen molar-refractivity contribution >= 4 is 22.4 Å². The number of aromatic nitrogens is 1. The van der Waals surface area contributed by atoms with Gasteiger partial charge in [0.15, 0.2) is 5.13 Å². The van der Waals surface area contributed by atoms with Crippen molar-refractivity contribution in [3.63, 3.8) is 0 Å². The first-order valence-electron chi connectivity index (χ1n) is 6.23. The van der Waals surface area contributed by atoms with Gasteiger partial charge in [-0.3, -0.25) is 4.79 Å². The molecule has 2 N–H and O–H groups in total. The highest BCUT2D eigenvalue weighted by Crippen LogP contribution is 2.34. The zero-order valence-electron chi connectivity index (χ0n) is 10.3. The minimum Gasteiger partial charge on any atom is -0.481 e. The van der Waals surface area contributed by atoms with Gasteiger partial charge in [-0.15, -0.1) is 11.3 Å². The van der Waals surface area contributed by atoms with E-state index in [1.54, 1.807) is 5.38 Å². The minimum absolute atomic E-state index is 0.0145.